The van der Waals surface area contributed by atoms with E-state index < -0.39 is 0 Å². The van der Waals surface area contributed by atoms with Gasteiger partial charge in [0.15, 0.2) is 0 Å². The first-order valence-electron chi connectivity index (χ1n) is 9.71. The number of nitrogens with zero attached hydrogens (tertiary/aromatic N) is 2. The summed E-state index contributed by atoms with van der Waals surface area (Å²) in [5.41, 5.74) is 2.43. The van der Waals surface area contributed by atoms with Gasteiger partial charge in [0.2, 0.25) is 5.91 Å². The third-order valence-corrected chi connectivity index (χ3v) is 5.46. The summed E-state index contributed by atoms with van der Waals surface area (Å²) in [6.07, 6.45) is 6.32. The van der Waals surface area contributed by atoms with Gasteiger partial charge in [0.25, 0.3) is 0 Å². The fourth-order valence-corrected chi connectivity index (χ4v) is 4.01. The lowest BCUT2D eigenvalue weighted by molar-refractivity contribution is -0.114. The normalized spacial score (nSPS) is 19.2. The quantitative estimate of drug-likeness (QED) is 0.870. The van der Waals surface area contributed by atoms with Crippen molar-refractivity contribution in [3.63, 3.8) is 0 Å². The van der Waals surface area contributed by atoms with Crippen molar-refractivity contribution in [2.75, 3.05) is 36.8 Å². The molecule has 2 N–H and O–H groups in total. The van der Waals surface area contributed by atoms with Gasteiger partial charge < -0.3 is 15.5 Å². The summed E-state index contributed by atoms with van der Waals surface area (Å²) in [4.78, 5) is 28.5. The van der Waals surface area contributed by atoms with Crippen molar-refractivity contribution < 1.29 is 9.59 Å². The van der Waals surface area contributed by atoms with Gasteiger partial charge in [0, 0.05) is 50.5 Å². The molecule has 2 fully saturated rings. The third kappa shape index (κ3) is 4.75. The molecule has 3 rings (SSSR count). The number of urea groups is 1. The maximum Gasteiger partial charge on any atom is 0.321 e. The van der Waals surface area contributed by atoms with E-state index in [0.717, 1.165) is 49.9 Å². The van der Waals surface area contributed by atoms with Crippen LogP contribution in [-0.2, 0) is 4.79 Å². The van der Waals surface area contributed by atoms with E-state index in [1.807, 2.05) is 30.0 Å². The van der Waals surface area contributed by atoms with Gasteiger partial charge in [0.05, 0.1) is 0 Å². The van der Waals surface area contributed by atoms with Crippen LogP contribution in [0, 0.1) is 6.92 Å². The van der Waals surface area contributed by atoms with E-state index in [-0.39, 0.29) is 11.9 Å². The molecule has 142 valence electrons. The predicted molar refractivity (Wildman–Crippen MR) is 105 cm³/mol. The Morgan fingerprint density at radius 3 is 2.50 bits per heavy atom. The van der Waals surface area contributed by atoms with E-state index in [0.29, 0.717) is 5.69 Å². The average molecular weight is 358 g/mol. The Hall–Kier alpha value is -2.08. The van der Waals surface area contributed by atoms with Crippen molar-refractivity contribution in [2.24, 2.45) is 0 Å². The molecule has 2 aliphatic rings. The first kappa shape index (κ1) is 18.7. The van der Waals surface area contributed by atoms with Crippen molar-refractivity contribution in [2.45, 2.75) is 52.0 Å². The highest BCUT2D eigenvalue weighted by molar-refractivity contribution is 5.93. The predicted octanol–water partition coefficient (Wildman–Crippen LogP) is 3.44. The van der Waals surface area contributed by atoms with Gasteiger partial charge in [-0.2, -0.15) is 0 Å². The van der Waals surface area contributed by atoms with Crippen molar-refractivity contribution in [3.05, 3.63) is 23.8 Å². The van der Waals surface area contributed by atoms with Crippen LogP contribution in [-0.4, -0.2) is 54.0 Å². The van der Waals surface area contributed by atoms with Crippen molar-refractivity contribution in [3.8, 4) is 0 Å². The Morgan fingerprint density at radius 2 is 1.77 bits per heavy atom. The molecule has 1 aliphatic heterocycles. The van der Waals surface area contributed by atoms with E-state index in [9.17, 15) is 9.59 Å². The lowest BCUT2D eigenvalue weighted by Gasteiger charge is -2.27. The number of amides is 3. The zero-order valence-corrected chi connectivity index (χ0v) is 15.9. The second-order valence-corrected chi connectivity index (χ2v) is 7.46. The third-order valence-electron chi connectivity index (χ3n) is 5.46. The Kier molecular flexibility index (Phi) is 6.14. The summed E-state index contributed by atoms with van der Waals surface area (Å²) >= 11 is 0. The summed E-state index contributed by atoms with van der Waals surface area (Å²) in [5, 5.41) is 5.78. The number of hydrogen-bond donors (Lipinski definition) is 2. The smallest absolute Gasteiger partial charge is 0.321 e. The zero-order chi connectivity index (χ0) is 18.5. The first-order valence-corrected chi connectivity index (χ1v) is 9.71. The van der Waals surface area contributed by atoms with Crippen molar-refractivity contribution >= 4 is 23.3 Å². The lowest BCUT2D eigenvalue weighted by Crippen LogP contribution is -2.40. The molecule has 6 heteroatoms. The summed E-state index contributed by atoms with van der Waals surface area (Å²) in [7, 11) is 0. The van der Waals surface area contributed by atoms with Gasteiger partial charge in [-0.15, -0.1) is 0 Å². The summed E-state index contributed by atoms with van der Waals surface area (Å²) < 4.78 is 0. The summed E-state index contributed by atoms with van der Waals surface area (Å²) in [6, 6.07) is 6.23. The SMILES string of the molecule is CC(=O)Nc1ccc(C)c(NC(=O)N2CCCN(C3CCCC3)CC2)c1. The number of anilines is 2. The van der Waals surface area contributed by atoms with Crippen LogP contribution >= 0.6 is 0 Å². The number of carbonyl (C=O) groups excluding carboxylic acids is 2. The number of carbonyl (C=O) groups is 2. The molecule has 26 heavy (non-hydrogen) atoms. The minimum atomic E-state index is -0.120. The molecular formula is C20H30N4O2. The van der Waals surface area contributed by atoms with E-state index in [1.165, 1.54) is 32.6 Å². The minimum Gasteiger partial charge on any atom is -0.326 e. The van der Waals surface area contributed by atoms with Crippen LogP contribution in [0.2, 0.25) is 0 Å². The maximum atomic E-state index is 12.7. The Balaban J connectivity index is 1.60. The second kappa shape index (κ2) is 8.54. The van der Waals surface area contributed by atoms with Crippen molar-refractivity contribution in [1.29, 1.82) is 0 Å². The van der Waals surface area contributed by atoms with E-state index in [4.69, 9.17) is 0 Å². The van der Waals surface area contributed by atoms with Gasteiger partial charge in [-0.25, -0.2) is 4.79 Å². The number of nitrogens with one attached hydrogen (secondary N) is 2. The van der Waals surface area contributed by atoms with Crippen LogP contribution in [0.25, 0.3) is 0 Å². The Bertz CT molecular complexity index is 655. The fraction of sp³-hybridized carbons (Fsp3) is 0.600. The number of rotatable bonds is 3. The van der Waals surface area contributed by atoms with E-state index in [1.54, 1.807) is 0 Å². The summed E-state index contributed by atoms with van der Waals surface area (Å²) in [6.45, 7) is 7.05. The van der Waals surface area contributed by atoms with Crippen LogP contribution in [0.4, 0.5) is 16.2 Å². The molecule has 0 atom stereocenters. The highest BCUT2D eigenvalue weighted by Crippen LogP contribution is 2.25. The van der Waals surface area contributed by atoms with Crippen LogP contribution in [0.15, 0.2) is 18.2 Å². The van der Waals surface area contributed by atoms with Crippen LogP contribution in [0.3, 0.4) is 0 Å². The molecule has 1 aliphatic carbocycles. The largest absolute Gasteiger partial charge is 0.326 e. The molecule has 0 spiro atoms. The highest BCUT2D eigenvalue weighted by Gasteiger charge is 2.26. The zero-order valence-electron chi connectivity index (χ0n) is 15.9. The second-order valence-electron chi connectivity index (χ2n) is 7.46. The van der Waals surface area contributed by atoms with E-state index in [2.05, 4.69) is 15.5 Å². The van der Waals surface area contributed by atoms with Crippen LogP contribution in [0.1, 0.15) is 44.6 Å². The van der Waals surface area contributed by atoms with Gasteiger partial charge >= 0.3 is 6.03 Å². The molecule has 0 aromatic heterocycles. The minimum absolute atomic E-state index is 0.0543. The lowest BCUT2D eigenvalue weighted by atomic mass is 10.2. The topological polar surface area (TPSA) is 64.7 Å². The molecule has 1 aromatic rings. The highest BCUT2D eigenvalue weighted by atomic mass is 16.2. The monoisotopic (exact) mass is 358 g/mol. The van der Waals surface area contributed by atoms with Gasteiger partial charge in [-0.3, -0.25) is 9.69 Å². The molecule has 0 radical (unpaired) electrons. The van der Waals surface area contributed by atoms with Crippen LogP contribution < -0.4 is 10.6 Å². The van der Waals surface area contributed by atoms with Gasteiger partial charge in [-0.05, 0) is 43.9 Å². The molecule has 3 amide bonds. The first-order chi connectivity index (χ1) is 12.5. The number of hydrogen-bond acceptors (Lipinski definition) is 3. The molecule has 1 heterocycles. The maximum absolute atomic E-state index is 12.7. The van der Waals surface area contributed by atoms with Gasteiger partial charge in [-0.1, -0.05) is 18.9 Å². The van der Waals surface area contributed by atoms with Gasteiger partial charge in [0.1, 0.15) is 0 Å². The molecule has 1 aromatic carbocycles. The molecular weight excluding hydrogens is 328 g/mol. The van der Waals surface area contributed by atoms with Crippen molar-refractivity contribution in [1.82, 2.24) is 9.80 Å². The average Bonchev–Trinajstić information content (AvgIpc) is 3.02. The van der Waals surface area contributed by atoms with Crippen LogP contribution in [0.5, 0.6) is 0 Å². The molecule has 1 saturated heterocycles. The summed E-state index contributed by atoms with van der Waals surface area (Å²) in [5.74, 6) is -0.120. The Morgan fingerprint density at radius 1 is 1.00 bits per heavy atom. The Labute approximate surface area is 155 Å². The molecule has 0 bridgehead atoms. The molecule has 6 nitrogen and oxygen atoms in total. The molecule has 1 saturated carbocycles. The molecule has 0 unspecified atom stereocenters. The number of benzene rings is 1. The fourth-order valence-electron chi connectivity index (χ4n) is 4.01. The number of aryl methyl sites for hydroxylation is 1. The van der Waals surface area contributed by atoms with E-state index >= 15 is 0 Å². The standard InChI is InChI=1S/C20H30N4O2/c1-15-8-9-17(21-16(2)25)14-19(15)22-20(26)24-11-5-10-23(12-13-24)18-6-3-4-7-18/h8-9,14,18H,3-7,10-13H2,1-2H3,(H,21,25)(H,22,26).